The van der Waals surface area contributed by atoms with Gasteiger partial charge in [0.1, 0.15) is 31.0 Å². The molecule has 1 fully saturated rings. The Morgan fingerprint density at radius 3 is 2.00 bits per heavy atom. The van der Waals surface area contributed by atoms with E-state index in [9.17, 15) is 30.0 Å². The molecule has 4 N–H and O–H groups in total. The molecular formula is C25H46O10. The van der Waals surface area contributed by atoms with Gasteiger partial charge in [0, 0.05) is 12.8 Å². The summed E-state index contributed by atoms with van der Waals surface area (Å²) < 4.78 is 21.5. The number of unbranched alkanes of at least 4 members (excludes halogenated alkanes) is 8. The van der Waals surface area contributed by atoms with E-state index in [2.05, 4.69) is 6.92 Å². The third-order valence-electron chi connectivity index (χ3n) is 5.99. The molecule has 1 rings (SSSR count). The molecule has 10 heteroatoms. The summed E-state index contributed by atoms with van der Waals surface area (Å²) in [7, 11) is 0. The van der Waals surface area contributed by atoms with Crippen LogP contribution in [0.5, 0.6) is 0 Å². The third kappa shape index (κ3) is 13.0. The summed E-state index contributed by atoms with van der Waals surface area (Å²) in [5.41, 5.74) is 0. The van der Waals surface area contributed by atoms with E-state index in [1.807, 2.05) is 6.92 Å². The molecule has 0 aliphatic carbocycles. The predicted octanol–water partition coefficient (Wildman–Crippen LogP) is 1.98. The van der Waals surface area contributed by atoms with Crippen LogP contribution in [0.25, 0.3) is 0 Å². The van der Waals surface area contributed by atoms with Crippen molar-refractivity contribution < 1.29 is 49.0 Å². The van der Waals surface area contributed by atoms with Gasteiger partial charge in [0.15, 0.2) is 12.4 Å². The van der Waals surface area contributed by atoms with E-state index >= 15 is 0 Å². The molecular weight excluding hydrogens is 460 g/mol. The van der Waals surface area contributed by atoms with Gasteiger partial charge in [-0.2, -0.15) is 0 Å². The van der Waals surface area contributed by atoms with Crippen molar-refractivity contribution >= 4 is 11.9 Å². The van der Waals surface area contributed by atoms with Crippen LogP contribution in [0.2, 0.25) is 0 Å². The van der Waals surface area contributed by atoms with Crippen molar-refractivity contribution in [1.82, 2.24) is 0 Å². The molecule has 0 aromatic heterocycles. The highest BCUT2D eigenvalue weighted by Crippen LogP contribution is 2.22. The molecule has 10 nitrogen and oxygen atoms in total. The largest absolute Gasteiger partial charge is 0.462 e. The van der Waals surface area contributed by atoms with Crippen LogP contribution in [0.1, 0.15) is 90.9 Å². The monoisotopic (exact) mass is 506 g/mol. The van der Waals surface area contributed by atoms with Gasteiger partial charge in [0.2, 0.25) is 0 Å². The second kappa shape index (κ2) is 18.9. The number of hydrogen-bond donors (Lipinski definition) is 4. The smallest absolute Gasteiger partial charge is 0.306 e. The first-order valence-corrected chi connectivity index (χ1v) is 13.1. The summed E-state index contributed by atoms with van der Waals surface area (Å²) in [5.74, 6) is -0.845. The molecule has 1 aliphatic heterocycles. The van der Waals surface area contributed by atoms with Gasteiger partial charge in [-0.15, -0.1) is 0 Å². The Hall–Kier alpha value is -1.30. The van der Waals surface area contributed by atoms with Crippen LogP contribution in [0, 0.1) is 0 Å². The highest BCUT2D eigenvalue weighted by Gasteiger charge is 2.44. The number of carbonyl (C=O) groups excluding carboxylic acids is 2. The second-order valence-corrected chi connectivity index (χ2v) is 9.15. The van der Waals surface area contributed by atoms with E-state index in [0.717, 1.165) is 38.5 Å². The molecule has 35 heavy (non-hydrogen) atoms. The summed E-state index contributed by atoms with van der Waals surface area (Å²) >= 11 is 0. The molecule has 0 saturated carbocycles. The topological polar surface area (TPSA) is 152 Å². The quantitative estimate of drug-likeness (QED) is 0.151. The van der Waals surface area contributed by atoms with Gasteiger partial charge < -0.3 is 39.4 Å². The Morgan fingerprint density at radius 2 is 1.34 bits per heavy atom. The number of rotatable bonds is 19. The summed E-state index contributed by atoms with van der Waals surface area (Å²) in [5, 5.41) is 39.2. The van der Waals surface area contributed by atoms with Gasteiger partial charge >= 0.3 is 11.9 Å². The first kappa shape index (κ1) is 31.7. The van der Waals surface area contributed by atoms with Crippen molar-refractivity contribution in [1.29, 1.82) is 0 Å². The standard InChI is InChI=1S/C25H46O10/c1-3-5-7-8-9-10-12-13-20(27)32-16-18(34-21(28)14-11-6-4-2)17-33-25-24(31)23(30)22(29)19(15-26)35-25/h18-19,22-26,29-31H,3-17H2,1-2H3/t18-,19-,22+,23+,24-,25-/m1/s1. The minimum absolute atomic E-state index is 0.216. The number of hydrogen-bond acceptors (Lipinski definition) is 10. The Labute approximate surface area is 208 Å². The zero-order chi connectivity index (χ0) is 26.1. The molecule has 0 bridgehead atoms. The van der Waals surface area contributed by atoms with Gasteiger partial charge in [-0.1, -0.05) is 65.2 Å². The Bertz CT molecular complexity index is 570. The maximum atomic E-state index is 12.2. The van der Waals surface area contributed by atoms with Crippen LogP contribution in [-0.2, 0) is 28.5 Å². The number of aliphatic hydroxyl groups excluding tert-OH is 4. The summed E-state index contributed by atoms with van der Waals surface area (Å²) in [6.07, 6.45) is 2.48. The third-order valence-corrected chi connectivity index (χ3v) is 5.99. The average Bonchev–Trinajstić information content (AvgIpc) is 2.84. The van der Waals surface area contributed by atoms with E-state index in [1.54, 1.807) is 0 Å². The van der Waals surface area contributed by atoms with Crippen LogP contribution in [0.4, 0.5) is 0 Å². The maximum Gasteiger partial charge on any atom is 0.306 e. The van der Waals surface area contributed by atoms with E-state index in [0.29, 0.717) is 6.42 Å². The van der Waals surface area contributed by atoms with Gasteiger partial charge in [0.25, 0.3) is 0 Å². The first-order valence-electron chi connectivity index (χ1n) is 13.1. The number of ether oxygens (including phenoxy) is 4. The summed E-state index contributed by atoms with van der Waals surface area (Å²) in [6, 6.07) is 0. The lowest BCUT2D eigenvalue weighted by Crippen LogP contribution is -2.59. The van der Waals surface area contributed by atoms with Crippen LogP contribution in [0.3, 0.4) is 0 Å². The van der Waals surface area contributed by atoms with Crippen LogP contribution < -0.4 is 0 Å². The van der Waals surface area contributed by atoms with Crippen molar-refractivity contribution in [3.8, 4) is 0 Å². The zero-order valence-corrected chi connectivity index (χ0v) is 21.3. The average molecular weight is 507 g/mol. The van der Waals surface area contributed by atoms with Crippen molar-refractivity contribution in [3.63, 3.8) is 0 Å². The molecule has 0 spiro atoms. The van der Waals surface area contributed by atoms with Crippen molar-refractivity contribution in [2.75, 3.05) is 19.8 Å². The number of esters is 2. The van der Waals surface area contributed by atoms with Crippen LogP contribution in [0.15, 0.2) is 0 Å². The molecule has 1 heterocycles. The highest BCUT2D eigenvalue weighted by atomic mass is 16.7. The van der Waals surface area contributed by atoms with E-state index < -0.39 is 55.4 Å². The molecule has 0 aromatic carbocycles. The fraction of sp³-hybridized carbons (Fsp3) is 0.920. The Morgan fingerprint density at radius 1 is 0.771 bits per heavy atom. The normalized spacial score (nSPS) is 25.3. The second-order valence-electron chi connectivity index (χ2n) is 9.15. The van der Waals surface area contributed by atoms with Gasteiger partial charge in [-0.25, -0.2) is 0 Å². The molecule has 206 valence electrons. The molecule has 0 amide bonds. The lowest BCUT2D eigenvalue weighted by Gasteiger charge is -2.39. The molecule has 0 aromatic rings. The van der Waals surface area contributed by atoms with Gasteiger partial charge in [-0.3, -0.25) is 9.59 Å². The minimum Gasteiger partial charge on any atom is -0.462 e. The number of aliphatic hydroxyl groups is 4. The molecule has 6 atom stereocenters. The van der Waals surface area contributed by atoms with Gasteiger partial charge in [-0.05, 0) is 12.8 Å². The minimum atomic E-state index is -1.58. The van der Waals surface area contributed by atoms with E-state index in [1.165, 1.54) is 19.3 Å². The fourth-order valence-electron chi connectivity index (χ4n) is 3.77. The number of carbonyl (C=O) groups is 2. The highest BCUT2D eigenvalue weighted by molar-refractivity contribution is 5.70. The van der Waals surface area contributed by atoms with Gasteiger partial charge in [0.05, 0.1) is 13.2 Å². The van der Waals surface area contributed by atoms with Crippen LogP contribution in [-0.4, -0.2) is 89.0 Å². The molecule has 1 saturated heterocycles. The molecule has 0 unspecified atom stereocenters. The summed E-state index contributed by atoms with van der Waals surface area (Å²) in [4.78, 5) is 24.3. The lowest BCUT2D eigenvalue weighted by molar-refractivity contribution is -0.305. The molecule has 0 radical (unpaired) electrons. The zero-order valence-electron chi connectivity index (χ0n) is 21.3. The lowest BCUT2D eigenvalue weighted by atomic mass is 9.99. The maximum absolute atomic E-state index is 12.2. The SMILES string of the molecule is CCCCCCCCCC(=O)OC[C@H](CO[C@@H]1O[C@H](CO)[C@H](O)[C@H](O)[C@H]1O)OC(=O)CCCCC. The van der Waals surface area contributed by atoms with Crippen molar-refractivity contribution in [2.45, 2.75) is 128 Å². The Kier molecular flexibility index (Phi) is 17.1. The van der Waals surface area contributed by atoms with Crippen molar-refractivity contribution in [2.24, 2.45) is 0 Å². The summed E-state index contributed by atoms with van der Waals surface area (Å²) in [6.45, 7) is 3.11. The Balaban J connectivity index is 2.53. The van der Waals surface area contributed by atoms with Crippen LogP contribution >= 0.6 is 0 Å². The first-order chi connectivity index (χ1) is 16.8. The van der Waals surface area contributed by atoms with E-state index in [-0.39, 0.29) is 26.1 Å². The van der Waals surface area contributed by atoms with E-state index in [4.69, 9.17) is 18.9 Å². The molecule has 1 aliphatic rings. The van der Waals surface area contributed by atoms with Crippen molar-refractivity contribution in [3.05, 3.63) is 0 Å². The predicted molar refractivity (Wildman–Crippen MR) is 127 cm³/mol. The fourth-order valence-corrected chi connectivity index (χ4v) is 3.77.